The van der Waals surface area contributed by atoms with Crippen molar-refractivity contribution >= 4 is 21.6 Å². The number of nitrogens with one attached hydrogen (secondary N) is 1. The van der Waals surface area contributed by atoms with Gasteiger partial charge >= 0.3 is 0 Å². The van der Waals surface area contributed by atoms with E-state index in [2.05, 4.69) is 16.5 Å². The fraction of sp³-hybridized carbons (Fsp3) is 0.190. The number of sulfone groups is 1. The zero-order valence-electron chi connectivity index (χ0n) is 16.4. The lowest BCUT2D eigenvalue weighted by Crippen LogP contribution is -2.25. The van der Waals surface area contributed by atoms with Crippen LogP contribution < -0.4 is 11.1 Å². The van der Waals surface area contributed by atoms with E-state index in [1.807, 2.05) is 30.3 Å². The maximum absolute atomic E-state index is 12.3. The van der Waals surface area contributed by atoms with Crippen LogP contribution in [0.25, 0.3) is 5.69 Å². The van der Waals surface area contributed by atoms with Gasteiger partial charge in [0, 0.05) is 18.4 Å². The molecule has 8 nitrogen and oxygen atoms in total. The van der Waals surface area contributed by atoms with E-state index in [0.717, 1.165) is 11.9 Å². The van der Waals surface area contributed by atoms with Gasteiger partial charge in [-0.05, 0) is 43.2 Å². The second-order valence-electron chi connectivity index (χ2n) is 6.73. The smallest absolute Gasteiger partial charge is 0.251 e. The number of aryl methyl sites for hydroxylation is 1. The Bertz CT molecular complexity index is 1210. The number of nitriles is 1. The van der Waals surface area contributed by atoms with Gasteiger partial charge in [0.05, 0.1) is 16.3 Å². The standard InChI is InChI=1S/C21H21N5O3S/c1-30(28,29)17-10-5-7-15(13-17)21(27)24-12-6-11-19-18(14-22)20(23)26(25-19)16-8-3-2-4-9-16/h2-5,7-10,13H,6,11-12,23H2,1H3,(H,24,27). The molecule has 1 aromatic heterocycles. The van der Waals surface area contributed by atoms with E-state index in [1.54, 1.807) is 6.07 Å². The van der Waals surface area contributed by atoms with Crippen molar-refractivity contribution in [3.63, 3.8) is 0 Å². The zero-order chi connectivity index (χ0) is 21.7. The number of anilines is 1. The van der Waals surface area contributed by atoms with Crippen LogP contribution in [0.5, 0.6) is 0 Å². The first kappa shape index (κ1) is 21.1. The monoisotopic (exact) mass is 423 g/mol. The maximum Gasteiger partial charge on any atom is 0.251 e. The predicted molar refractivity (Wildman–Crippen MR) is 113 cm³/mol. The number of benzene rings is 2. The van der Waals surface area contributed by atoms with E-state index >= 15 is 0 Å². The predicted octanol–water partition coefficient (Wildman–Crippen LogP) is 2.09. The molecular weight excluding hydrogens is 402 g/mol. The van der Waals surface area contributed by atoms with Crippen molar-refractivity contribution in [2.75, 3.05) is 18.5 Å². The molecule has 0 bridgehead atoms. The summed E-state index contributed by atoms with van der Waals surface area (Å²) < 4.78 is 24.8. The van der Waals surface area contributed by atoms with Gasteiger partial charge in [0.2, 0.25) is 0 Å². The number of nitrogens with zero attached hydrogens (tertiary/aromatic N) is 3. The van der Waals surface area contributed by atoms with Gasteiger partial charge in [-0.3, -0.25) is 4.79 Å². The summed E-state index contributed by atoms with van der Waals surface area (Å²) in [5, 5.41) is 16.7. The number of hydrogen-bond donors (Lipinski definition) is 2. The highest BCUT2D eigenvalue weighted by Gasteiger charge is 2.16. The fourth-order valence-corrected chi connectivity index (χ4v) is 3.64. The van der Waals surface area contributed by atoms with Gasteiger partial charge in [-0.25, -0.2) is 13.1 Å². The molecule has 154 valence electrons. The average molecular weight is 423 g/mol. The normalized spacial score (nSPS) is 11.1. The molecule has 1 amide bonds. The van der Waals surface area contributed by atoms with Crippen molar-refractivity contribution in [1.29, 1.82) is 5.26 Å². The van der Waals surface area contributed by atoms with Crippen molar-refractivity contribution in [1.82, 2.24) is 15.1 Å². The Labute approximate surface area is 174 Å². The minimum absolute atomic E-state index is 0.0933. The third-order valence-corrected chi connectivity index (χ3v) is 5.62. The molecule has 0 spiro atoms. The molecule has 3 aromatic rings. The third kappa shape index (κ3) is 4.67. The van der Waals surface area contributed by atoms with Crippen LogP contribution in [0.2, 0.25) is 0 Å². The first-order valence-electron chi connectivity index (χ1n) is 9.22. The van der Waals surface area contributed by atoms with Crippen LogP contribution in [0.15, 0.2) is 59.5 Å². The summed E-state index contributed by atoms with van der Waals surface area (Å²) in [5.41, 5.74) is 8.00. The summed E-state index contributed by atoms with van der Waals surface area (Å²) in [7, 11) is -3.39. The Hall–Kier alpha value is -3.64. The van der Waals surface area contributed by atoms with Gasteiger partial charge in [-0.2, -0.15) is 10.4 Å². The van der Waals surface area contributed by atoms with Crippen LogP contribution in [0.4, 0.5) is 5.82 Å². The number of hydrogen-bond acceptors (Lipinski definition) is 6. The van der Waals surface area contributed by atoms with E-state index in [4.69, 9.17) is 5.73 Å². The van der Waals surface area contributed by atoms with E-state index in [9.17, 15) is 18.5 Å². The van der Waals surface area contributed by atoms with Crippen LogP contribution in [0.1, 0.15) is 28.0 Å². The lowest BCUT2D eigenvalue weighted by Gasteiger charge is -2.06. The summed E-state index contributed by atoms with van der Waals surface area (Å²) >= 11 is 0. The quantitative estimate of drug-likeness (QED) is 0.560. The number of nitrogen functional groups attached to an aromatic ring is 1. The highest BCUT2D eigenvalue weighted by Crippen LogP contribution is 2.21. The van der Waals surface area contributed by atoms with E-state index < -0.39 is 9.84 Å². The largest absolute Gasteiger partial charge is 0.382 e. The van der Waals surface area contributed by atoms with Crippen LogP contribution in [-0.4, -0.2) is 36.9 Å². The Morgan fingerprint density at radius 2 is 1.93 bits per heavy atom. The summed E-state index contributed by atoms with van der Waals surface area (Å²) in [6.45, 7) is 0.338. The average Bonchev–Trinajstić information content (AvgIpc) is 3.06. The lowest BCUT2D eigenvalue weighted by atomic mass is 10.1. The maximum atomic E-state index is 12.3. The third-order valence-electron chi connectivity index (χ3n) is 4.51. The number of aromatic nitrogens is 2. The van der Waals surface area contributed by atoms with Crippen molar-refractivity contribution in [3.8, 4) is 11.8 Å². The van der Waals surface area contributed by atoms with Gasteiger partial charge in [0.1, 0.15) is 17.5 Å². The minimum Gasteiger partial charge on any atom is -0.382 e. The molecule has 0 aliphatic heterocycles. The Balaban J connectivity index is 1.64. The van der Waals surface area contributed by atoms with Crippen LogP contribution in [0, 0.1) is 11.3 Å². The highest BCUT2D eigenvalue weighted by atomic mass is 32.2. The first-order valence-corrected chi connectivity index (χ1v) is 11.1. The number of amides is 1. The fourth-order valence-electron chi connectivity index (χ4n) is 2.97. The molecule has 0 fully saturated rings. The van der Waals surface area contributed by atoms with Crippen LogP contribution >= 0.6 is 0 Å². The molecule has 0 saturated heterocycles. The van der Waals surface area contributed by atoms with Gasteiger partial charge in [0.25, 0.3) is 5.91 Å². The molecule has 9 heteroatoms. The molecule has 0 aliphatic rings. The van der Waals surface area contributed by atoms with Gasteiger partial charge in [-0.1, -0.05) is 24.3 Å². The van der Waals surface area contributed by atoms with Gasteiger partial charge in [-0.15, -0.1) is 0 Å². The van der Waals surface area contributed by atoms with Crippen LogP contribution in [0.3, 0.4) is 0 Å². The molecule has 0 atom stereocenters. The van der Waals surface area contributed by atoms with E-state index in [1.165, 1.54) is 22.9 Å². The highest BCUT2D eigenvalue weighted by molar-refractivity contribution is 7.90. The second-order valence-corrected chi connectivity index (χ2v) is 8.74. The number of rotatable bonds is 7. The molecule has 0 radical (unpaired) electrons. The number of nitrogens with two attached hydrogens (primary N) is 1. The van der Waals surface area contributed by atoms with E-state index in [-0.39, 0.29) is 22.2 Å². The molecular formula is C21H21N5O3S. The zero-order valence-corrected chi connectivity index (χ0v) is 17.2. The van der Waals surface area contributed by atoms with Crippen molar-refractivity contribution in [3.05, 3.63) is 71.4 Å². The molecule has 30 heavy (non-hydrogen) atoms. The minimum atomic E-state index is -3.39. The Kier molecular flexibility index (Phi) is 6.18. The molecule has 2 aromatic carbocycles. The Morgan fingerprint density at radius 3 is 2.60 bits per heavy atom. The van der Waals surface area contributed by atoms with Crippen molar-refractivity contribution in [2.45, 2.75) is 17.7 Å². The molecule has 0 aliphatic carbocycles. The molecule has 3 N–H and O–H groups in total. The van der Waals surface area contributed by atoms with Crippen molar-refractivity contribution in [2.24, 2.45) is 0 Å². The summed E-state index contributed by atoms with van der Waals surface area (Å²) in [4.78, 5) is 12.4. The second kappa shape index (κ2) is 8.80. The lowest BCUT2D eigenvalue weighted by molar-refractivity contribution is 0.0953. The topological polar surface area (TPSA) is 131 Å². The molecule has 0 unspecified atom stereocenters. The SMILES string of the molecule is CS(=O)(=O)c1cccc(C(=O)NCCCc2nn(-c3ccccc3)c(N)c2C#N)c1. The summed E-state index contributed by atoms with van der Waals surface area (Å²) in [6, 6.07) is 17.3. The Morgan fingerprint density at radius 1 is 1.20 bits per heavy atom. The van der Waals surface area contributed by atoms with E-state index in [0.29, 0.717) is 30.6 Å². The number of para-hydroxylation sites is 1. The van der Waals surface area contributed by atoms with Gasteiger partial charge in [0.15, 0.2) is 9.84 Å². The van der Waals surface area contributed by atoms with Gasteiger partial charge < -0.3 is 11.1 Å². The number of carbonyl (C=O) groups is 1. The first-order chi connectivity index (χ1) is 14.3. The van der Waals surface area contributed by atoms with Crippen molar-refractivity contribution < 1.29 is 13.2 Å². The molecule has 3 rings (SSSR count). The van der Waals surface area contributed by atoms with Crippen LogP contribution in [-0.2, 0) is 16.3 Å². The summed E-state index contributed by atoms with van der Waals surface area (Å²) in [5.74, 6) is -0.0874. The summed E-state index contributed by atoms with van der Waals surface area (Å²) in [6.07, 6.45) is 2.09. The molecule has 1 heterocycles. The molecule has 0 saturated carbocycles. The number of carbonyl (C=O) groups excluding carboxylic acids is 1.